The Morgan fingerprint density at radius 2 is 2.00 bits per heavy atom. The molecule has 1 aliphatic rings. The predicted molar refractivity (Wildman–Crippen MR) is 87.7 cm³/mol. The summed E-state index contributed by atoms with van der Waals surface area (Å²) in [5, 5.41) is 0. The van der Waals surface area contributed by atoms with Crippen LogP contribution in [0.3, 0.4) is 0 Å². The van der Waals surface area contributed by atoms with Gasteiger partial charge in [0.05, 0.1) is 0 Å². The fraction of sp³-hybridized carbons (Fsp3) is 0.684. The average molecular weight is 273 g/mol. The number of hydrogen-bond acceptors (Lipinski definition) is 1. The van der Waals surface area contributed by atoms with Crippen molar-refractivity contribution in [2.45, 2.75) is 71.8 Å². The molecule has 0 bridgehead atoms. The third-order valence-corrected chi connectivity index (χ3v) is 5.00. The van der Waals surface area contributed by atoms with E-state index in [0.717, 1.165) is 12.8 Å². The molecule has 1 aromatic carbocycles. The van der Waals surface area contributed by atoms with Crippen molar-refractivity contribution in [1.82, 2.24) is 0 Å². The molecular formula is C19H31N. The van der Waals surface area contributed by atoms with Crippen LogP contribution in [0.1, 0.15) is 70.9 Å². The lowest BCUT2D eigenvalue weighted by Crippen LogP contribution is -2.51. The molecule has 1 aliphatic carbocycles. The summed E-state index contributed by atoms with van der Waals surface area (Å²) >= 11 is 0. The number of nitrogens with two attached hydrogens (primary N) is 1. The summed E-state index contributed by atoms with van der Waals surface area (Å²) in [4.78, 5) is 0. The van der Waals surface area contributed by atoms with Crippen LogP contribution < -0.4 is 5.73 Å². The molecule has 1 fully saturated rings. The van der Waals surface area contributed by atoms with Crippen molar-refractivity contribution in [3.63, 3.8) is 0 Å². The maximum atomic E-state index is 6.98. The molecule has 1 aromatic rings. The van der Waals surface area contributed by atoms with Gasteiger partial charge < -0.3 is 5.73 Å². The Hall–Kier alpha value is -0.820. The molecule has 1 saturated carbocycles. The Morgan fingerprint density at radius 3 is 2.65 bits per heavy atom. The highest BCUT2D eigenvalue weighted by Crippen LogP contribution is 2.48. The Kier molecular flexibility index (Phi) is 4.59. The van der Waals surface area contributed by atoms with Gasteiger partial charge in [0, 0.05) is 5.54 Å². The van der Waals surface area contributed by atoms with Crippen LogP contribution >= 0.6 is 0 Å². The highest BCUT2D eigenvalue weighted by Gasteiger charge is 2.44. The van der Waals surface area contributed by atoms with E-state index in [9.17, 15) is 0 Å². The first kappa shape index (κ1) is 15.6. The summed E-state index contributed by atoms with van der Waals surface area (Å²) in [6.45, 7) is 9.28. The van der Waals surface area contributed by atoms with Crippen molar-refractivity contribution in [2.75, 3.05) is 0 Å². The van der Waals surface area contributed by atoms with Gasteiger partial charge in [0.25, 0.3) is 0 Å². The van der Waals surface area contributed by atoms with E-state index in [1.165, 1.54) is 36.8 Å². The highest BCUT2D eigenvalue weighted by atomic mass is 14.8. The van der Waals surface area contributed by atoms with E-state index < -0.39 is 0 Å². The van der Waals surface area contributed by atoms with Crippen LogP contribution in [0, 0.1) is 11.3 Å². The van der Waals surface area contributed by atoms with Gasteiger partial charge in [-0.2, -0.15) is 0 Å². The Labute approximate surface area is 125 Å². The lowest BCUT2D eigenvalue weighted by molar-refractivity contribution is 0.0777. The maximum absolute atomic E-state index is 6.98. The van der Waals surface area contributed by atoms with Crippen molar-refractivity contribution in [1.29, 1.82) is 0 Å². The van der Waals surface area contributed by atoms with Crippen LogP contribution in [0.15, 0.2) is 24.3 Å². The van der Waals surface area contributed by atoms with Gasteiger partial charge >= 0.3 is 0 Å². The average Bonchev–Trinajstić information content (AvgIpc) is 2.38. The van der Waals surface area contributed by atoms with Crippen LogP contribution in [-0.4, -0.2) is 0 Å². The summed E-state index contributed by atoms with van der Waals surface area (Å²) < 4.78 is 0. The van der Waals surface area contributed by atoms with E-state index in [4.69, 9.17) is 5.73 Å². The second kappa shape index (κ2) is 5.89. The molecule has 2 atom stereocenters. The minimum Gasteiger partial charge on any atom is -0.321 e. The largest absolute Gasteiger partial charge is 0.321 e. The molecule has 0 aliphatic heterocycles. The first-order valence-electron chi connectivity index (χ1n) is 8.26. The minimum absolute atomic E-state index is 0.139. The zero-order valence-electron chi connectivity index (χ0n) is 13.7. The first-order chi connectivity index (χ1) is 9.38. The number of hydrogen-bond donors (Lipinski definition) is 1. The molecule has 2 unspecified atom stereocenters. The monoisotopic (exact) mass is 273 g/mol. The van der Waals surface area contributed by atoms with Crippen molar-refractivity contribution < 1.29 is 0 Å². The van der Waals surface area contributed by atoms with E-state index in [2.05, 4.69) is 52.0 Å². The molecular weight excluding hydrogens is 242 g/mol. The predicted octanol–water partition coefficient (Wildman–Crippen LogP) is 5.03. The molecule has 2 rings (SSSR count). The van der Waals surface area contributed by atoms with Gasteiger partial charge in [-0.05, 0) is 41.7 Å². The van der Waals surface area contributed by atoms with Crippen LogP contribution in [0.25, 0.3) is 0 Å². The van der Waals surface area contributed by atoms with Gasteiger partial charge in [-0.3, -0.25) is 0 Å². The second-order valence-corrected chi connectivity index (χ2v) is 7.66. The topological polar surface area (TPSA) is 26.0 Å². The number of aryl methyl sites for hydroxylation is 1. The van der Waals surface area contributed by atoms with Crippen LogP contribution in [0.4, 0.5) is 0 Å². The van der Waals surface area contributed by atoms with Gasteiger partial charge in [0.1, 0.15) is 0 Å². The van der Waals surface area contributed by atoms with Crippen LogP contribution in [0.2, 0.25) is 0 Å². The molecule has 1 nitrogen and oxygen atoms in total. The Bertz CT molecular complexity index is 443. The SMILES string of the molecule is CCCc1cccc(C2(N)CCCCC2C(C)(C)C)c1. The summed E-state index contributed by atoms with van der Waals surface area (Å²) in [5.74, 6) is 0.570. The normalized spacial score (nSPS) is 27.6. The van der Waals surface area contributed by atoms with E-state index in [0.29, 0.717) is 5.92 Å². The summed E-state index contributed by atoms with van der Waals surface area (Å²) in [5.41, 5.74) is 9.91. The molecule has 0 spiro atoms. The summed E-state index contributed by atoms with van der Waals surface area (Å²) in [7, 11) is 0. The zero-order valence-corrected chi connectivity index (χ0v) is 13.7. The van der Waals surface area contributed by atoms with Gasteiger partial charge in [0.2, 0.25) is 0 Å². The molecule has 1 heteroatoms. The van der Waals surface area contributed by atoms with E-state index in [1.807, 2.05) is 0 Å². The highest BCUT2D eigenvalue weighted by molar-refractivity contribution is 5.31. The standard InChI is InChI=1S/C19H31N/c1-5-9-15-10-8-11-16(14-15)19(20)13-7-6-12-17(19)18(2,3)4/h8,10-11,14,17H,5-7,9,12-13,20H2,1-4H3. The summed E-state index contributed by atoms with van der Waals surface area (Å²) in [6, 6.07) is 9.06. The molecule has 0 heterocycles. The number of rotatable bonds is 3. The van der Waals surface area contributed by atoms with Gasteiger partial charge in [-0.25, -0.2) is 0 Å². The molecule has 20 heavy (non-hydrogen) atoms. The number of benzene rings is 1. The molecule has 0 radical (unpaired) electrons. The molecule has 0 amide bonds. The van der Waals surface area contributed by atoms with Gasteiger partial charge in [-0.1, -0.05) is 71.2 Å². The minimum atomic E-state index is -0.139. The Balaban J connectivity index is 2.38. The quantitative estimate of drug-likeness (QED) is 0.821. The maximum Gasteiger partial charge on any atom is 0.0443 e. The molecule has 112 valence electrons. The van der Waals surface area contributed by atoms with E-state index >= 15 is 0 Å². The fourth-order valence-electron chi connectivity index (χ4n) is 4.05. The smallest absolute Gasteiger partial charge is 0.0443 e. The van der Waals surface area contributed by atoms with Crippen LogP contribution in [0.5, 0.6) is 0 Å². The van der Waals surface area contributed by atoms with E-state index in [1.54, 1.807) is 0 Å². The van der Waals surface area contributed by atoms with Crippen molar-refractivity contribution in [2.24, 2.45) is 17.1 Å². The molecule has 0 saturated heterocycles. The van der Waals surface area contributed by atoms with Crippen molar-refractivity contribution in [3.05, 3.63) is 35.4 Å². The summed E-state index contributed by atoms with van der Waals surface area (Å²) in [6.07, 6.45) is 7.34. The Morgan fingerprint density at radius 1 is 1.25 bits per heavy atom. The lowest BCUT2D eigenvalue weighted by Gasteiger charge is -2.48. The lowest BCUT2D eigenvalue weighted by atomic mass is 9.60. The van der Waals surface area contributed by atoms with Gasteiger partial charge in [-0.15, -0.1) is 0 Å². The molecule has 0 aromatic heterocycles. The molecule has 2 N–H and O–H groups in total. The third-order valence-electron chi connectivity index (χ3n) is 5.00. The van der Waals surface area contributed by atoms with Crippen LogP contribution in [-0.2, 0) is 12.0 Å². The van der Waals surface area contributed by atoms with Crippen molar-refractivity contribution >= 4 is 0 Å². The first-order valence-corrected chi connectivity index (χ1v) is 8.26. The van der Waals surface area contributed by atoms with Gasteiger partial charge in [0.15, 0.2) is 0 Å². The van der Waals surface area contributed by atoms with Crippen molar-refractivity contribution in [3.8, 4) is 0 Å². The fourth-order valence-corrected chi connectivity index (χ4v) is 4.05. The second-order valence-electron chi connectivity index (χ2n) is 7.66. The third kappa shape index (κ3) is 3.09. The zero-order chi connectivity index (χ0) is 14.8. The van der Waals surface area contributed by atoms with E-state index in [-0.39, 0.29) is 11.0 Å².